The first-order valence-electron chi connectivity index (χ1n) is 13.5. The van der Waals surface area contributed by atoms with Crippen LogP contribution in [0.4, 0.5) is 18.9 Å². The average molecular weight is 565 g/mol. The fourth-order valence-corrected chi connectivity index (χ4v) is 5.33. The Morgan fingerprint density at radius 1 is 0.976 bits per heavy atom. The van der Waals surface area contributed by atoms with E-state index >= 15 is 0 Å². The van der Waals surface area contributed by atoms with E-state index in [9.17, 15) is 27.9 Å². The third kappa shape index (κ3) is 5.83. The van der Waals surface area contributed by atoms with Crippen molar-refractivity contribution in [3.8, 4) is 0 Å². The van der Waals surface area contributed by atoms with E-state index in [1.54, 1.807) is 7.05 Å². The molecule has 0 bridgehead atoms. The van der Waals surface area contributed by atoms with Crippen LogP contribution in [-0.4, -0.2) is 54.0 Å². The Hall–Kier alpha value is -4.18. The maximum Gasteiger partial charge on any atom is 0.272 e. The summed E-state index contributed by atoms with van der Waals surface area (Å²) in [4.78, 5) is 35.8. The number of hydrogen-bond acceptors (Lipinski definition) is 5. The summed E-state index contributed by atoms with van der Waals surface area (Å²) in [6.07, 6.45) is -1.07. The molecule has 1 fully saturated rings. The topological polar surface area (TPSA) is 85.2 Å². The van der Waals surface area contributed by atoms with Gasteiger partial charge >= 0.3 is 0 Å². The molecule has 2 heterocycles. The van der Waals surface area contributed by atoms with Crippen LogP contribution < -0.4 is 10.2 Å². The number of nitrogens with zero attached hydrogens (tertiary/aromatic N) is 3. The highest BCUT2D eigenvalue weighted by Crippen LogP contribution is 2.33. The minimum Gasteiger partial charge on any atom is -0.387 e. The predicted octanol–water partition coefficient (Wildman–Crippen LogP) is 4.52. The average Bonchev–Trinajstić information content (AvgIpc) is 3.07. The second-order valence-electron chi connectivity index (χ2n) is 10.6. The van der Waals surface area contributed by atoms with Crippen molar-refractivity contribution in [3.63, 3.8) is 0 Å². The summed E-state index contributed by atoms with van der Waals surface area (Å²) < 4.78 is 41.4. The number of piperidine rings is 1. The maximum absolute atomic E-state index is 14.0. The summed E-state index contributed by atoms with van der Waals surface area (Å²) in [7, 11) is 1.60. The van der Waals surface area contributed by atoms with Crippen LogP contribution >= 0.6 is 0 Å². The van der Waals surface area contributed by atoms with Gasteiger partial charge in [0.25, 0.3) is 5.91 Å². The van der Waals surface area contributed by atoms with E-state index in [2.05, 4.69) is 17.1 Å². The number of hydrogen-bond donors (Lipinski definition) is 2. The normalized spacial score (nSPS) is 19.2. The summed E-state index contributed by atoms with van der Waals surface area (Å²) in [6.45, 7) is 3.66. The van der Waals surface area contributed by atoms with Crippen LogP contribution in [0.5, 0.6) is 0 Å². The van der Waals surface area contributed by atoms with E-state index in [4.69, 9.17) is 4.99 Å². The van der Waals surface area contributed by atoms with Crippen LogP contribution in [0.25, 0.3) is 0 Å². The van der Waals surface area contributed by atoms with Crippen molar-refractivity contribution in [2.75, 3.05) is 25.0 Å². The largest absolute Gasteiger partial charge is 0.387 e. The number of aliphatic imine (C=N–C) groups is 1. The summed E-state index contributed by atoms with van der Waals surface area (Å²) in [5, 5.41) is 13.9. The summed E-state index contributed by atoms with van der Waals surface area (Å²) in [5.74, 6) is -4.39. The van der Waals surface area contributed by atoms with E-state index in [0.717, 1.165) is 55.8 Å². The van der Waals surface area contributed by atoms with Gasteiger partial charge in [0.15, 0.2) is 11.6 Å². The van der Waals surface area contributed by atoms with Crippen LogP contribution in [0.1, 0.15) is 48.5 Å². The van der Waals surface area contributed by atoms with Gasteiger partial charge in [0.1, 0.15) is 11.7 Å². The molecule has 214 valence electrons. The number of amides is 2. The quantitative estimate of drug-likeness (QED) is 0.478. The lowest BCUT2D eigenvalue weighted by Crippen LogP contribution is -2.48. The molecule has 2 N–H and O–H groups in total. The first-order valence-corrected chi connectivity index (χ1v) is 13.5. The van der Waals surface area contributed by atoms with Crippen molar-refractivity contribution in [2.45, 2.75) is 38.0 Å². The maximum atomic E-state index is 14.0. The molecule has 0 aliphatic carbocycles. The number of para-hydroxylation sites is 1. The summed E-state index contributed by atoms with van der Waals surface area (Å²) in [5.41, 5.74) is 1.56. The molecule has 41 heavy (non-hydrogen) atoms. The summed E-state index contributed by atoms with van der Waals surface area (Å²) >= 11 is 0. The molecule has 0 saturated carbocycles. The monoisotopic (exact) mass is 564 g/mol. The van der Waals surface area contributed by atoms with Crippen LogP contribution in [0.3, 0.4) is 0 Å². The number of carbonyl (C=O) groups is 2. The fourth-order valence-electron chi connectivity index (χ4n) is 5.33. The number of nitrogens with one attached hydrogen (secondary N) is 1. The van der Waals surface area contributed by atoms with Crippen molar-refractivity contribution in [1.82, 2.24) is 10.2 Å². The lowest BCUT2D eigenvalue weighted by Gasteiger charge is -2.33. The number of rotatable bonds is 5. The van der Waals surface area contributed by atoms with E-state index in [-0.39, 0.29) is 11.1 Å². The van der Waals surface area contributed by atoms with Crippen LogP contribution in [0.15, 0.2) is 71.7 Å². The number of benzodiazepines with no additional fused rings is 1. The second-order valence-corrected chi connectivity index (χ2v) is 10.6. The van der Waals surface area contributed by atoms with Gasteiger partial charge in [-0.05, 0) is 66.3 Å². The standard InChI is InChI=1S/C31H31F3N4O3/c1-18-13-15-38(16-14-18)29-22-5-3-4-6-25(22)37(2)31(41)28(35-29)36-30(40)26(19-7-10-21(32)11-8-19)27(39)20-9-12-23(33)24(34)17-20/h3-12,17-18,26-28,39H,13-16H2,1-2H3,(H,36,40)/t26-,27+,28?/m1/s1. The molecule has 5 rings (SSSR count). The zero-order valence-corrected chi connectivity index (χ0v) is 22.7. The van der Waals surface area contributed by atoms with Gasteiger partial charge in [-0.2, -0.15) is 0 Å². The first-order chi connectivity index (χ1) is 19.6. The van der Waals surface area contributed by atoms with Gasteiger partial charge in [0, 0.05) is 25.7 Å². The van der Waals surface area contributed by atoms with Gasteiger partial charge < -0.3 is 20.2 Å². The van der Waals surface area contributed by atoms with Crippen molar-refractivity contribution < 1.29 is 27.9 Å². The highest BCUT2D eigenvalue weighted by atomic mass is 19.2. The Bertz CT molecular complexity index is 1470. The fraction of sp³-hybridized carbons (Fsp3) is 0.323. The zero-order valence-electron chi connectivity index (χ0n) is 22.7. The lowest BCUT2D eigenvalue weighted by molar-refractivity contribution is -0.130. The van der Waals surface area contributed by atoms with Crippen molar-refractivity contribution in [3.05, 3.63) is 101 Å². The molecule has 1 unspecified atom stereocenters. The molecule has 3 aromatic rings. The van der Waals surface area contributed by atoms with E-state index < -0.39 is 47.5 Å². The van der Waals surface area contributed by atoms with Gasteiger partial charge in [-0.3, -0.25) is 9.59 Å². The molecule has 3 atom stereocenters. The Morgan fingerprint density at radius 3 is 2.32 bits per heavy atom. The molecular formula is C31H31F3N4O3. The zero-order chi connectivity index (χ0) is 29.3. The van der Waals surface area contributed by atoms with Gasteiger partial charge in [0.05, 0.1) is 17.7 Å². The van der Waals surface area contributed by atoms with E-state index in [1.807, 2.05) is 24.3 Å². The molecule has 2 aliphatic heterocycles. The third-order valence-electron chi connectivity index (χ3n) is 7.80. The summed E-state index contributed by atoms with van der Waals surface area (Å²) in [6, 6.07) is 15.1. The highest BCUT2D eigenvalue weighted by Gasteiger charge is 2.37. The van der Waals surface area contributed by atoms with E-state index in [0.29, 0.717) is 17.4 Å². The highest BCUT2D eigenvalue weighted by molar-refractivity contribution is 6.12. The Morgan fingerprint density at radius 2 is 1.63 bits per heavy atom. The number of halogens is 3. The molecule has 1 saturated heterocycles. The van der Waals surface area contributed by atoms with Gasteiger partial charge in [0.2, 0.25) is 12.1 Å². The predicted molar refractivity (Wildman–Crippen MR) is 149 cm³/mol. The minimum absolute atomic E-state index is 0.0586. The molecule has 2 aliphatic rings. The molecule has 0 radical (unpaired) electrons. The number of amidine groups is 1. The van der Waals surface area contributed by atoms with Crippen LogP contribution in [0, 0.1) is 23.4 Å². The van der Waals surface area contributed by atoms with Gasteiger partial charge in [-0.1, -0.05) is 37.3 Å². The van der Waals surface area contributed by atoms with Crippen molar-refractivity contribution in [1.29, 1.82) is 0 Å². The van der Waals surface area contributed by atoms with Crippen molar-refractivity contribution in [2.24, 2.45) is 10.9 Å². The Balaban J connectivity index is 1.52. The second kappa shape index (κ2) is 11.7. The number of benzene rings is 3. The van der Waals surface area contributed by atoms with Crippen molar-refractivity contribution >= 4 is 23.3 Å². The third-order valence-corrected chi connectivity index (χ3v) is 7.80. The number of carbonyl (C=O) groups excluding carboxylic acids is 2. The number of anilines is 1. The Kier molecular flexibility index (Phi) is 8.12. The molecule has 0 spiro atoms. The number of aliphatic hydroxyl groups is 1. The van der Waals surface area contributed by atoms with Crippen LogP contribution in [-0.2, 0) is 9.59 Å². The molecular weight excluding hydrogens is 533 g/mol. The molecule has 3 aromatic carbocycles. The SMILES string of the molecule is CC1CCN(C2=NC(NC(=O)[C@H](c3ccc(F)cc3)[C@@H](O)c3ccc(F)c(F)c3)C(=O)N(C)c3ccccc32)CC1. The van der Waals surface area contributed by atoms with Crippen LogP contribution in [0.2, 0.25) is 0 Å². The van der Waals surface area contributed by atoms with Gasteiger partial charge in [-0.25, -0.2) is 18.2 Å². The van der Waals surface area contributed by atoms with Gasteiger partial charge in [-0.15, -0.1) is 0 Å². The minimum atomic E-state index is -1.64. The number of likely N-dealkylation sites (N-methyl/N-ethyl adjacent to an activating group) is 1. The number of likely N-dealkylation sites (tertiary alicyclic amines) is 1. The molecule has 2 amide bonds. The smallest absolute Gasteiger partial charge is 0.272 e. The number of fused-ring (bicyclic) bond motifs is 1. The molecule has 0 aromatic heterocycles. The lowest BCUT2D eigenvalue weighted by atomic mass is 9.88. The first kappa shape index (κ1) is 28.4. The number of aliphatic hydroxyl groups excluding tert-OH is 1. The molecule has 10 heteroatoms. The Labute approximate surface area is 236 Å². The van der Waals surface area contributed by atoms with E-state index in [1.165, 1.54) is 23.1 Å². The molecule has 7 nitrogen and oxygen atoms in total.